The molecule has 2 aromatic rings. The second-order valence-electron chi connectivity index (χ2n) is 8.68. The van der Waals surface area contributed by atoms with Crippen molar-refractivity contribution in [2.24, 2.45) is 0 Å². The van der Waals surface area contributed by atoms with Gasteiger partial charge in [-0.15, -0.1) is 0 Å². The van der Waals surface area contributed by atoms with Gasteiger partial charge in [-0.3, -0.25) is 13.9 Å². The average molecular weight is 524 g/mol. The molecule has 0 fully saturated rings. The fourth-order valence-electron chi connectivity index (χ4n) is 3.61. The minimum absolute atomic E-state index is 0.109. The number of nitrogens with zero attached hydrogens (tertiary/aromatic N) is 2. The highest BCUT2D eigenvalue weighted by atomic mass is 35.5. The number of benzene rings is 2. The number of nitrogens with one attached hydrogen (secondary N) is 1. The molecule has 2 amide bonds. The SMILES string of the molecule is CC[C@@H](C(=O)NC(C)C)N(Cc1ccc(C)cc1)C(=O)CN(c1ccc(OC)c(Cl)c1)S(C)(=O)=O. The van der Waals surface area contributed by atoms with Crippen LogP contribution in [0.25, 0.3) is 0 Å². The molecular formula is C25H34ClN3O5S. The number of aryl methyl sites for hydroxylation is 1. The second-order valence-corrected chi connectivity index (χ2v) is 11.0. The number of ether oxygens (including phenoxy) is 1. The van der Waals surface area contributed by atoms with Crippen LogP contribution in [0.1, 0.15) is 38.3 Å². The number of rotatable bonds is 11. The number of anilines is 1. The number of methoxy groups -OCH3 is 1. The van der Waals surface area contributed by atoms with E-state index in [2.05, 4.69) is 5.32 Å². The highest BCUT2D eigenvalue weighted by Crippen LogP contribution is 2.30. The molecule has 0 aliphatic carbocycles. The monoisotopic (exact) mass is 523 g/mol. The summed E-state index contributed by atoms with van der Waals surface area (Å²) in [5, 5.41) is 3.08. The Kier molecular flexibility index (Phi) is 9.97. The number of hydrogen-bond acceptors (Lipinski definition) is 5. The van der Waals surface area contributed by atoms with Crippen molar-refractivity contribution in [3.05, 3.63) is 58.6 Å². The quantitative estimate of drug-likeness (QED) is 0.484. The molecule has 0 heterocycles. The van der Waals surface area contributed by atoms with Gasteiger partial charge in [-0.1, -0.05) is 48.4 Å². The third-order valence-electron chi connectivity index (χ3n) is 5.39. The lowest BCUT2D eigenvalue weighted by Gasteiger charge is -2.33. The highest BCUT2D eigenvalue weighted by molar-refractivity contribution is 7.92. The largest absolute Gasteiger partial charge is 0.495 e. The van der Waals surface area contributed by atoms with Gasteiger partial charge < -0.3 is 15.0 Å². The van der Waals surface area contributed by atoms with Crippen LogP contribution in [0.5, 0.6) is 5.75 Å². The zero-order chi connectivity index (χ0) is 26.3. The van der Waals surface area contributed by atoms with Gasteiger partial charge in [0.05, 0.1) is 24.1 Å². The predicted octanol–water partition coefficient (Wildman–Crippen LogP) is 3.76. The average Bonchev–Trinajstić information content (AvgIpc) is 2.77. The van der Waals surface area contributed by atoms with Crippen molar-refractivity contribution in [2.45, 2.75) is 52.7 Å². The maximum Gasteiger partial charge on any atom is 0.244 e. The summed E-state index contributed by atoms with van der Waals surface area (Å²) in [6.45, 7) is 7.13. The topological polar surface area (TPSA) is 96.0 Å². The lowest BCUT2D eigenvalue weighted by Crippen LogP contribution is -2.53. The summed E-state index contributed by atoms with van der Waals surface area (Å²) < 4.78 is 31.5. The zero-order valence-electron chi connectivity index (χ0n) is 21.0. The number of sulfonamides is 1. The molecule has 8 nitrogen and oxygen atoms in total. The molecule has 2 aromatic carbocycles. The number of carbonyl (C=O) groups excluding carboxylic acids is 2. The molecule has 10 heteroatoms. The smallest absolute Gasteiger partial charge is 0.244 e. The van der Waals surface area contributed by atoms with Crippen molar-refractivity contribution >= 4 is 39.1 Å². The molecule has 0 saturated carbocycles. The highest BCUT2D eigenvalue weighted by Gasteiger charge is 2.32. The summed E-state index contributed by atoms with van der Waals surface area (Å²) in [4.78, 5) is 28.0. The summed E-state index contributed by atoms with van der Waals surface area (Å²) in [7, 11) is -2.39. The second kappa shape index (κ2) is 12.3. The molecule has 0 radical (unpaired) electrons. The number of amides is 2. The van der Waals surface area contributed by atoms with Crippen LogP contribution in [0.4, 0.5) is 5.69 Å². The van der Waals surface area contributed by atoms with E-state index in [0.29, 0.717) is 12.2 Å². The third-order valence-corrected chi connectivity index (χ3v) is 6.83. The van der Waals surface area contributed by atoms with E-state index in [9.17, 15) is 18.0 Å². The molecule has 0 aliphatic heterocycles. The van der Waals surface area contributed by atoms with Crippen molar-refractivity contribution < 1.29 is 22.7 Å². The van der Waals surface area contributed by atoms with Crippen LogP contribution < -0.4 is 14.4 Å². The minimum atomic E-state index is -3.85. The normalized spacial score (nSPS) is 12.2. The molecule has 0 spiro atoms. The van der Waals surface area contributed by atoms with Crippen molar-refractivity contribution in [3.63, 3.8) is 0 Å². The van der Waals surface area contributed by atoms with Crippen LogP contribution in [0.3, 0.4) is 0 Å². The Morgan fingerprint density at radius 1 is 1.11 bits per heavy atom. The lowest BCUT2D eigenvalue weighted by atomic mass is 10.1. The molecule has 35 heavy (non-hydrogen) atoms. The fourth-order valence-corrected chi connectivity index (χ4v) is 4.71. The van der Waals surface area contributed by atoms with Gasteiger partial charge in [-0.05, 0) is 51.0 Å². The predicted molar refractivity (Wildman–Crippen MR) is 139 cm³/mol. The summed E-state index contributed by atoms with van der Waals surface area (Å²) in [6.07, 6.45) is 1.38. The molecule has 0 saturated heterocycles. The van der Waals surface area contributed by atoms with E-state index in [1.165, 1.54) is 30.2 Å². The summed E-state index contributed by atoms with van der Waals surface area (Å²) in [5.74, 6) is -0.414. The van der Waals surface area contributed by atoms with E-state index in [-0.39, 0.29) is 29.2 Å². The lowest BCUT2D eigenvalue weighted by molar-refractivity contribution is -0.140. The van der Waals surface area contributed by atoms with E-state index in [4.69, 9.17) is 16.3 Å². The maximum atomic E-state index is 13.6. The number of carbonyl (C=O) groups is 2. The first-order valence-electron chi connectivity index (χ1n) is 11.3. The standard InChI is InChI=1S/C25H34ClN3O5S/c1-7-22(25(31)27-17(2)3)28(15-19-10-8-18(4)9-11-19)24(30)16-29(35(6,32)33)20-12-13-23(34-5)21(26)14-20/h8-14,17,22H,7,15-16H2,1-6H3,(H,27,31)/t22-/m0/s1. The summed E-state index contributed by atoms with van der Waals surface area (Å²) in [5.41, 5.74) is 2.12. The van der Waals surface area contributed by atoms with Gasteiger partial charge in [0.2, 0.25) is 21.8 Å². The van der Waals surface area contributed by atoms with Crippen LogP contribution >= 0.6 is 11.6 Å². The van der Waals surface area contributed by atoms with Crippen LogP contribution in [0.2, 0.25) is 5.02 Å². The van der Waals surface area contributed by atoms with Crippen LogP contribution in [-0.4, -0.2) is 57.1 Å². The molecule has 1 N–H and O–H groups in total. The van der Waals surface area contributed by atoms with Crippen molar-refractivity contribution in [1.29, 1.82) is 0 Å². The summed E-state index contributed by atoms with van der Waals surface area (Å²) >= 11 is 6.21. The molecule has 2 rings (SSSR count). The Balaban J connectivity index is 2.45. The van der Waals surface area contributed by atoms with E-state index < -0.39 is 28.5 Å². The van der Waals surface area contributed by atoms with Gasteiger partial charge >= 0.3 is 0 Å². The fraction of sp³-hybridized carbons (Fsp3) is 0.440. The Bertz CT molecular complexity index is 1140. The number of halogens is 1. The molecule has 0 aromatic heterocycles. The van der Waals surface area contributed by atoms with Crippen LogP contribution in [0.15, 0.2) is 42.5 Å². The Morgan fingerprint density at radius 3 is 2.23 bits per heavy atom. The van der Waals surface area contributed by atoms with Crippen molar-refractivity contribution in [3.8, 4) is 5.75 Å². The zero-order valence-corrected chi connectivity index (χ0v) is 22.6. The molecule has 1 atom stereocenters. The van der Waals surface area contributed by atoms with Gasteiger partial charge in [0, 0.05) is 12.6 Å². The Labute approximate surface area is 213 Å². The third kappa shape index (κ3) is 7.86. The Hall–Kier alpha value is -2.78. The van der Waals surface area contributed by atoms with E-state index in [1.54, 1.807) is 0 Å². The molecule has 192 valence electrons. The first-order chi connectivity index (χ1) is 16.4. The van der Waals surface area contributed by atoms with E-state index >= 15 is 0 Å². The number of hydrogen-bond donors (Lipinski definition) is 1. The van der Waals surface area contributed by atoms with Gasteiger partial charge in [0.15, 0.2) is 0 Å². The molecule has 0 aliphatic rings. The van der Waals surface area contributed by atoms with Gasteiger partial charge in [-0.25, -0.2) is 8.42 Å². The van der Waals surface area contributed by atoms with E-state index in [0.717, 1.165) is 21.7 Å². The minimum Gasteiger partial charge on any atom is -0.495 e. The molecular weight excluding hydrogens is 490 g/mol. The van der Waals surface area contributed by atoms with Gasteiger partial charge in [0.1, 0.15) is 18.3 Å². The van der Waals surface area contributed by atoms with Crippen LogP contribution in [-0.2, 0) is 26.2 Å². The first-order valence-corrected chi connectivity index (χ1v) is 13.6. The van der Waals surface area contributed by atoms with Crippen LogP contribution in [0, 0.1) is 6.92 Å². The molecule has 0 unspecified atom stereocenters. The first kappa shape index (κ1) is 28.5. The summed E-state index contributed by atoms with van der Waals surface area (Å²) in [6, 6.07) is 11.2. The molecule has 0 bridgehead atoms. The van der Waals surface area contributed by atoms with Gasteiger partial charge in [0.25, 0.3) is 0 Å². The van der Waals surface area contributed by atoms with Crippen molar-refractivity contribution in [1.82, 2.24) is 10.2 Å². The maximum absolute atomic E-state index is 13.6. The Morgan fingerprint density at radius 2 is 1.74 bits per heavy atom. The van der Waals surface area contributed by atoms with Gasteiger partial charge in [-0.2, -0.15) is 0 Å². The van der Waals surface area contributed by atoms with E-state index in [1.807, 2.05) is 52.0 Å². The van der Waals surface area contributed by atoms with Crippen molar-refractivity contribution in [2.75, 3.05) is 24.2 Å².